The fourth-order valence-corrected chi connectivity index (χ4v) is 2.43. The lowest BCUT2D eigenvalue weighted by molar-refractivity contribution is 0.112. The molecular weight excluding hydrogens is 288 g/mol. The lowest BCUT2D eigenvalue weighted by Crippen LogP contribution is -2.07. The highest BCUT2D eigenvalue weighted by Crippen LogP contribution is 2.37. The van der Waals surface area contributed by atoms with Crippen LogP contribution in [0.4, 0.5) is 0 Å². The third kappa shape index (κ3) is 1.88. The molecule has 3 aromatic rings. The summed E-state index contributed by atoms with van der Waals surface area (Å²) in [5, 5.41) is 9.93. The Morgan fingerprint density at radius 1 is 1.18 bits per heavy atom. The van der Waals surface area contributed by atoms with Gasteiger partial charge in [-0.05, 0) is 18.2 Å². The van der Waals surface area contributed by atoms with Gasteiger partial charge < -0.3 is 19.0 Å². The minimum absolute atomic E-state index is 0.0347. The van der Waals surface area contributed by atoms with E-state index in [1.54, 1.807) is 0 Å². The summed E-state index contributed by atoms with van der Waals surface area (Å²) in [5.41, 5.74) is 0.0728. The topological polar surface area (TPSA) is 86.0 Å². The maximum atomic E-state index is 12.6. The predicted octanol–water partition coefficient (Wildman–Crippen LogP) is 2.48. The van der Waals surface area contributed by atoms with E-state index in [0.29, 0.717) is 6.29 Å². The molecule has 0 fully saturated rings. The molecule has 6 nitrogen and oxygen atoms in total. The molecule has 0 bridgehead atoms. The van der Waals surface area contributed by atoms with Gasteiger partial charge in [0.2, 0.25) is 11.2 Å². The van der Waals surface area contributed by atoms with Crippen LogP contribution < -0.4 is 14.9 Å². The Kier molecular flexibility index (Phi) is 3.21. The molecule has 0 saturated carbocycles. The molecule has 0 unspecified atom stereocenters. The molecule has 0 saturated heterocycles. The summed E-state index contributed by atoms with van der Waals surface area (Å²) in [6.45, 7) is 0. The summed E-state index contributed by atoms with van der Waals surface area (Å²) in [7, 11) is 2.83. The van der Waals surface area contributed by atoms with E-state index < -0.39 is 0 Å². The van der Waals surface area contributed by atoms with E-state index in [9.17, 15) is 14.7 Å². The standard InChI is InChI=1S/C16H12O6/c1-20-12-5-8(7-17)13-14(19)10-4-3-9(18)6-11(10)22-16(13)15(12)21-2/h3-7,18H,1-2H3. The Morgan fingerprint density at radius 3 is 2.59 bits per heavy atom. The number of aldehydes is 1. The van der Waals surface area contributed by atoms with Crippen molar-refractivity contribution in [2.45, 2.75) is 0 Å². The van der Waals surface area contributed by atoms with Crippen LogP contribution >= 0.6 is 0 Å². The Labute approximate surface area is 124 Å². The minimum Gasteiger partial charge on any atom is -0.508 e. The third-order valence-electron chi connectivity index (χ3n) is 3.43. The molecule has 0 aliphatic rings. The molecule has 1 heterocycles. The number of aromatic hydroxyl groups is 1. The van der Waals surface area contributed by atoms with Crippen molar-refractivity contribution < 1.29 is 23.8 Å². The predicted molar refractivity (Wildman–Crippen MR) is 80.1 cm³/mol. The molecule has 6 heteroatoms. The zero-order chi connectivity index (χ0) is 15.9. The van der Waals surface area contributed by atoms with Crippen LogP contribution in [0.15, 0.2) is 33.5 Å². The zero-order valence-corrected chi connectivity index (χ0v) is 11.9. The summed E-state index contributed by atoms with van der Waals surface area (Å²) >= 11 is 0. The molecule has 0 aliphatic heterocycles. The average Bonchev–Trinajstić information content (AvgIpc) is 2.52. The number of ether oxygens (including phenoxy) is 2. The van der Waals surface area contributed by atoms with Gasteiger partial charge in [0.25, 0.3) is 0 Å². The largest absolute Gasteiger partial charge is 0.508 e. The number of phenols is 1. The number of hydrogen-bond acceptors (Lipinski definition) is 6. The molecule has 1 aromatic heterocycles. The van der Waals surface area contributed by atoms with E-state index in [4.69, 9.17) is 13.9 Å². The van der Waals surface area contributed by atoms with Gasteiger partial charge in [-0.25, -0.2) is 0 Å². The van der Waals surface area contributed by atoms with Crippen molar-refractivity contribution in [3.8, 4) is 17.2 Å². The maximum Gasteiger partial charge on any atom is 0.204 e. The van der Waals surface area contributed by atoms with Gasteiger partial charge in [0.1, 0.15) is 11.3 Å². The lowest BCUT2D eigenvalue weighted by Gasteiger charge is -2.12. The summed E-state index contributed by atoms with van der Waals surface area (Å²) < 4.78 is 16.1. The number of rotatable bonds is 3. The fourth-order valence-electron chi connectivity index (χ4n) is 2.43. The summed E-state index contributed by atoms with van der Waals surface area (Å²) in [5.74, 6) is 0.456. The van der Waals surface area contributed by atoms with Crippen LogP contribution in [-0.2, 0) is 0 Å². The van der Waals surface area contributed by atoms with E-state index >= 15 is 0 Å². The molecule has 0 amide bonds. The van der Waals surface area contributed by atoms with E-state index in [2.05, 4.69) is 0 Å². The van der Waals surface area contributed by atoms with E-state index in [1.165, 1.54) is 38.5 Å². The van der Waals surface area contributed by atoms with Crippen molar-refractivity contribution in [3.05, 3.63) is 40.1 Å². The number of carbonyl (C=O) groups is 1. The Morgan fingerprint density at radius 2 is 1.95 bits per heavy atom. The lowest BCUT2D eigenvalue weighted by atomic mass is 10.1. The number of methoxy groups -OCH3 is 2. The van der Waals surface area contributed by atoms with Crippen LogP contribution in [0.5, 0.6) is 17.2 Å². The van der Waals surface area contributed by atoms with Crippen LogP contribution in [0.2, 0.25) is 0 Å². The third-order valence-corrected chi connectivity index (χ3v) is 3.43. The van der Waals surface area contributed by atoms with Crippen LogP contribution in [0.1, 0.15) is 10.4 Å². The number of benzene rings is 2. The average molecular weight is 300 g/mol. The minimum atomic E-state index is -0.376. The van der Waals surface area contributed by atoms with Crippen molar-refractivity contribution in [3.63, 3.8) is 0 Å². The first-order chi connectivity index (χ1) is 10.6. The smallest absolute Gasteiger partial charge is 0.204 e. The molecule has 1 N–H and O–H groups in total. The van der Waals surface area contributed by atoms with Crippen LogP contribution in [-0.4, -0.2) is 25.6 Å². The van der Waals surface area contributed by atoms with Crippen molar-refractivity contribution >= 4 is 28.2 Å². The zero-order valence-electron chi connectivity index (χ0n) is 11.9. The quantitative estimate of drug-likeness (QED) is 0.590. The van der Waals surface area contributed by atoms with Crippen LogP contribution in [0, 0.1) is 0 Å². The van der Waals surface area contributed by atoms with Gasteiger partial charge in [0, 0.05) is 11.6 Å². The van der Waals surface area contributed by atoms with Gasteiger partial charge in [0.05, 0.1) is 25.0 Å². The maximum absolute atomic E-state index is 12.6. The molecule has 112 valence electrons. The Hall–Kier alpha value is -3.02. The summed E-state index contributed by atoms with van der Waals surface area (Å²) in [6, 6.07) is 5.58. The molecule has 3 rings (SSSR count). The number of carbonyl (C=O) groups excluding carboxylic acids is 1. The number of phenolic OH excluding ortho intramolecular Hbond substituents is 1. The highest BCUT2D eigenvalue weighted by atomic mass is 16.5. The van der Waals surface area contributed by atoms with Gasteiger partial charge in [-0.1, -0.05) is 0 Å². The van der Waals surface area contributed by atoms with Crippen molar-refractivity contribution in [1.82, 2.24) is 0 Å². The van der Waals surface area contributed by atoms with E-state index in [-0.39, 0.29) is 50.2 Å². The Bertz CT molecular complexity index is 954. The second-order valence-electron chi connectivity index (χ2n) is 4.63. The normalized spacial score (nSPS) is 10.8. The molecular formula is C16H12O6. The van der Waals surface area contributed by atoms with Gasteiger partial charge in [0.15, 0.2) is 17.6 Å². The summed E-state index contributed by atoms with van der Waals surface area (Å²) in [6.07, 6.45) is 0.563. The number of hydrogen-bond donors (Lipinski definition) is 1. The first-order valence-electron chi connectivity index (χ1n) is 6.40. The molecule has 22 heavy (non-hydrogen) atoms. The molecule has 0 atom stereocenters. The SMILES string of the molecule is COc1cc(C=O)c2c(=O)c3ccc(O)cc3oc2c1OC. The highest BCUT2D eigenvalue weighted by molar-refractivity contribution is 6.03. The molecule has 0 spiro atoms. The Balaban J connectivity index is 2.62. The van der Waals surface area contributed by atoms with Gasteiger partial charge in [-0.2, -0.15) is 0 Å². The number of fused-ring (bicyclic) bond motifs is 2. The van der Waals surface area contributed by atoms with E-state index in [0.717, 1.165) is 0 Å². The monoisotopic (exact) mass is 300 g/mol. The second kappa shape index (κ2) is 5.07. The first kappa shape index (κ1) is 13.9. The van der Waals surface area contributed by atoms with Gasteiger partial charge >= 0.3 is 0 Å². The molecule has 0 aliphatic carbocycles. The fraction of sp³-hybridized carbons (Fsp3) is 0.125. The first-order valence-corrected chi connectivity index (χ1v) is 6.40. The van der Waals surface area contributed by atoms with Crippen molar-refractivity contribution in [2.75, 3.05) is 14.2 Å². The van der Waals surface area contributed by atoms with Crippen LogP contribution in [0.3, 0.4) is 0 Å². The van der Waals surface area contributed by atoms with Crippen molar-refractivity contribution in [1.29, 1.82) is 0 Å². The van der Waals surface area contributed by atoms with Gasteiger partial charge in [-0.15, -0.1) is 0 Å². The summed E-state index contributed by atoms with van der Waals surface area (Å²) in [4.78, 5) is 24.0. The molecule has 2 aromatic carbocycles. The molecule has 0 radical (unpaired) electrons. The van der Waals surface area contributed by atoms with Crippen molar-refractivity contribution in [2.24, 2.45) is 0 Å². The van der Waals surface area contributed by atoms with Crippen LogP contribution in [0.25, 0.3) is 21.9 Å². The van der Waals surface area contributed by atoms with E-state index in [1.807, 2.05) is 0 Å². The second-order valence-corrected chi connectivity index (χ2v) is 4.63. The van der Waals surface area contributed by atoms with Gasteiger partial charge in [-0.3, -0.25) is 9.59 Å². The highest BCUT2D eigenvalue weighted by Gasteiger charge is 2.20.